The average molecular weight is 353 g/mol. The molecule has 0 atom stereocenters. The first kappa shape index (κ1) is 26.9. The Labute approximate surface area is 178 Å². The van der Waals surface area contributed by atoms with Crippen LogP contribution in [-0.2, 0) is 19.2 Å². The van der Waals surface area contributed by atoms with E-state index >= 15 is 0 Å². The number of hydrogen-bond donors (Lipinski definition) is 2. The van der Waals surface area contributed by atoms with E-state index in [2.05, 4.69) is 0 Å². The molecule has 22 heavy (non-hydrogen) atoms. The van der Waals surface area contributed by atoms with Crippen molar-refractivity contribution in [3.05, 3.63) is 0 Å². The molecule has 12 heteroatoms. The smallest absolute Gasteiger partial charge is 0.544 e. The molecule has 0 radical (unpaired) electrons. The van der Waals surface area contributed by atoms with Crippen molar-refractivity contribution in [3.8, 4) is 0 Å². The minimum absolute atomic E-state index is 0. The number of carbonyl (C=O) groups excluding carboxylic acids is 4. The summed E-state index contributed by atoms with van der Waals surface area (Å²) in [5, 5.41) is 41.7. The molecule has 0 amide bonds. The van der Waals surface area contributed by atoms with Gasteiger partial charge < -0.3 is 49.4 Å². The van der Waals surface area contributed by atoms with Crippen LogP contribution in [0.4, 0.5) is 0 Å². The van der Waals surface area contributed by atoms with E-state index in [1.807, 2.05) is 0 Å². The van der Waals surface area contributed by atoms with Crippen LogP contribution >= 0.6 is 0 Å². The monoisotopic (exact) mass is 353 g/mol. The molecule has 0 rings (SSSR count). The Morgan fingerprint density at radius 1 is 0.591 bits per heavy atom. The molecule has 0 aromatic carbocycles. The van der Waals surface area contributed by atoms with E-state index in [9.17, 15) is 39.6 Å². The molecular formula is C10H14CaN2NaO8+. The second-order valence-corrected chi connectivity index (χ2v) is 4.20. The first-order chi connectivity index (χ1) is 9.20. The average Bonchev–Trinajstić information content (AvgIpc) is 2.22. The van der Waals surface area contributed by atoms with Crippen molar-refractivity contribution >= 4 is 61.6 Å². The molecule has 0 aromatic heterocycles. The molecule has 0 fully saturated rings. The second-order valence-electron chi connectivity index (χ2n) is 4.20. The number of quaternary nitrogens is 2. The number of nitrogens with one attached hydrogen (secondary N) is 2. The topological polar surface area (TPSA) is 169 Å². The third kappa shape index (κ3) is 16.4. The first-order valence-corrected chi connectivity index (χ1v) is 5.67. The van der Waals surface area contributed by atoms with Crippen molar-refractivity contribution in [2.24, 2.45) is 0 Å². The first-order valence-electron chi connectivity index (χ1n) is 5.67. The van der Waals surface area contributed by atoms with E-state index in [0.29, 0.717) is 0 Å². The predicted octanol–water partition coefficient (Wildman–Crippen LogP) is -13.6. The van der Waals surface area contributed by atoms with Gasteiger partial charge in [-0.15, -0.1) is 0 Å². The van der Waals surface area contributed by atoms with Gasteiger partial charge in [-0.1, -0.05) is 0 Å². The Morgan fingerprint density at radius 2 is 0.773 bits per heavy atom. The van der Waals surface area contributed by atoms with Gasteiger partial charge in [0.25, 0.3) is 0 Å². The summed E-state index contributed by atoms with van der Waals surface area (Å²) >= 11 is 0. The maximum absolute atomic E-state index is 10.4. The summed E-state index contributed by atoms with van der Waals surface area (Å²) < 4.78 is 0. The predicted molar refractivity (Wildman–Crippen MR) is 56.9 cm³/mol. The van der Waals surface area contributed by atoms with E-state index in [-0.39, 0.29) is 90.2 Å². The third-order valence-electron chi connectivity index (χ3n) is 2.41. The molecule has 0 saturated carbocycles. The van der Waals surface area contributed by atoms with E-state index < -0.39 is 50.1 Å². The Kier molecular flexibility index (Phi) is 17.9. The van der Waals surface area contributed by atoms with Crippen LogP contribution in [0.3, 0.4) is 0 Å². The molecule has 0 aliphatic carbocycles. The quantitative estimate of drug-likeness (QED) is 0.345. The van der Waals surface area contributed by atoms with Gasteiger partial charge in [-0.25, -0.2) is 0 Å². The summed E-state index contributed by atoms with van der Waals surface area (Å²) in [6, 6.07) is 0. The summed E-state index contributed by atoms with van der Waals surface area (Å²) in [5.74, 6) is -5.93. The van der Waals surface area contributed by atoms with E-state index in [1.54, 1.807) is 0 Å². The zero-order chi connectivity index (χ0) is 15.7. The molecule has 114 valence electrons. The van der Waals surface area contributed by atoms with Gasteiger partial charge in [-0.2, -0.15) is 0 Å². The van der Waals surface area contributed by atoms with Crippen LogP contribution in [0.25, 0.3) is 0 Å². The summed E-state index contributed by atoms with van der Waals surface area (Å²) in [5.41, 5.74) is 0. The van der Waals surface area contributed by atoms with Crippen LogP contribution in [0.15, 0.2) is 0 Å². The fourth-order valence-electron chi connectivity index (χ4n) is 1.65. The SMILES string of the molecule is O=C([O-])C[NH+](CC[NH+](CC(=O)[O-])CC(=O)[O-])CC(=O)[O-].[Ca+2].[Na+]. The molecule has 0 aromatic rings. The fraction of sp³-hybridized carbons (Fsp3) is 0.600. The van der Waals surface area contributed by atoms with Crippen molar-refractivity contribution in [1.29, 1.82) is 0 Å². The second kappa shape index (κ2) is 14.6. The van der Waals surface area contributed by atoms with Crippen LogP contribution in [-0.4, -0.2) is 101 Å². The number of rotatable bonds is 11. The number of carboxylic acids is 4. The Morgan fingerprint density at radius 3 is 0.909 bits per heavy atom. The molecule has 0 spiro atoms. The Hall–Kier alpha value is 0.0597. The summed E-state index contributed by atoms with van der Waals surface area (Å²) in [6.07, 6.45) is 0. The standard InChI is InChI=1S/C10H16N2O8.Ca.Na/c13-7(14)3-11(4-8(15)16)1-2-12(5-9(17)18)6-10(19)20;;/h1-6H2,(H,13,14)(H,15,16)(H,17,18)(H,19,20);;/q;+2;+1/p-2. The van der Waals surface area contributed by atoms with Gasteiger partial charge in [-0.3, -0.25) is 0 Å². The van der Waals surface area contributed by atoms with Crippen LogP contribution < -0.4 is 59.8 Å². The van der Waals surface area contributed by atoms with Gasteiger partial charge in [0.1, 0.15) is 39.3 Å². The number of carbonyl (C=O) groups is 4. The van der Waals surface area contributed by atoms with Crippen LogP contribution in [0, 0.1) is 0 Å². The number of carboxylic acid groups (broad SMARTS) is 4. The maximum Gasteiger partial charge on any atom is 2.00 e. The van der Waals surface area contributed by atoms with Gasteiger partial charge >= 0.3 is 67.3 Å². The summed E-state index contributed by atoms with van der Waals surface area (Å²) in [4.78, 5) is 41.8. The Balaban J connectivity index is -0.00000180. The number of hydrogen-bond acceptors (Lipinski definition) is 8. The zero-order valence-electron chi connectivity index (χ0n) is 12.2. The van der Waals surface area contributed by atoms with Gasteiger partial charge in [0, 0.05) is 0 Å². The van der Waals surface area contributed by atoms with Crippen LogP contribution in [0.5, 0.6) is 0 Å². The van der Waals surface area contributed by atoms with Crippen molar-refractivity contribution < 1.29 is 79.0 Å². The zero-order valence-corrected chi connectivity index (χ0v) is 16.4. The molecule has 0 aliphatic heterocycles. The van der Waals surface area contributed by atoms with Crippen LogP contribution in [0.1, 0.15) is 0 Å². The van der Waals surface area contributed by atoms with Crippen molar-refractivity contribution in [2.45, 2.75) is 0 Å². The van der Waals surface area contributed by atoms with Gasteiger partial charge in [0.15, 0.2) is 0 Å². The van der Waals surface area contributed by atoms with Crippen molar-refractivity contribution in [2.75, 3.05) is 39.3 Å². The minimum atomic E-state index is -1.48. The maximum atomic E-state index is 10.4. The molecular weight excluding hydrogens is 339 g/mol. The van der Waals surface area contributed by atoms with Gasteiger partial charge in [-0.05, 0) is 0 Å². The molecule has 0 unspecified atom stereocenters. The Bertz CT molecular complexity index is 327. The van der Waals surface area contributed by atoms with E-state index in [4.69, 9.17) is 0 Å². The summed E-state index contributed by atoms with van der Waals surface area (Å²) in [7, 11) is 0. The van der Waals surface area contributed by atoms with Gasteiger partial charge in [0.2, 0.25) is 0 Å². The molecule has 0 bridgehead atoms. The number of aliphatic carboxylic acids is 4. The normalized spacial score (nSPS) is 9.73. The molecule has 0 aliphatic rings. The van der Waals surface area contributed by atoms with Crippen molar-refractivity contribution in [1.82, 2.24) is 0 Å². The largest absolute Gasteiger partial charge is 2.00 e. The fourth-order valence-corrected chi connectivity index (χ4v) is 1.65. The molecule has 10 nitrogen and oxygen atoms in total. The third-order valence-corrected chi connectivity index (χ3v) is 2.41. The van der Waals surface area contributed by atoms with Gasteiger partial charge in [0.05, 0.1) is 23.9 Å². The van der Waals surface area contributed by atoms with E-state index in [0.717, 1.165) is 0 Å². The van der Waals surface area contributed by atoms with E-state index in [1.165, 1.54) is 0 Å². The summed E-state index contributed by atoms with van der Waals surface area (Å²) in [6.45, 7) is -2.62. The molecule has 0 heterocycles. The van der Waals surface area contributed by atoms with Crippen LogP contribution in [0.2, 0.25) is 0 Å². The van der Waals surface area contributed by atoms with Crippen molar-refractivity contribution in [3.63, 3.8) is 0 Å². The molecule has 0 saturated heterocycles. The minimum Gasteiger partial charge on any atom is -0.544 e. The molecule has 2 N–H and O–H groups in total.